The van der Waals surface area contributed by atoms with Gasteiger partial charge in [-0.05, 0) is 12.1 Å². The van der Waals surface area contributed by atoms with Crippen molar-refractivity contribution in [2.45, 2.75) is 11.7 Å². The number of nitrogens with one attached hydrogen (secondary N) is 1. The fraction of sp³-hybridized carbons (Fsp3) is 0.333. The van der Waals surface area contributed by atoms with Crippen molar-refractivity contribution in [3.8, 4) is 5.75 Å². The van der Waals surface area contributed by atoms with Crippen LogP contribution in [0.4, 0.5) is 5.69 Å². The lowest BCUT2D eigenvalue weighted by atomic mass is 10.1. The molecule has 2 N–H and O–H groups in total. The summed E-state index contributed by atoms with van der Waals surface area (Å²) in [5, 5.41) is 13.8. The van der Waals surface area contributed by atoms with Gasteiger partial charge in [0.2, 0.25) is 5.91 Å². The fourth-order valence-corrected chi connectivity index (χ4v) is 5.39. The molecule has 3 rings (SSSR count). The predicted octanol–water partition coefficient (Wildman–Crippen LogP) is 3.48. The van der Waals surface area contributed by atoms with E-state index in [4.69, 9.17) is 9.84 Å². The Morgan fingerprint density at radius 2 is 1.96 bits per heavy atom. The van der Waals surface area contributed by atoms with Crippen LogP contribution in [0.25, 0.3) is 10.8 Å². The first-order chi connectivity index (χ1) is 12.1. The molecule has 25 heavy (non-hydrogen) atoms. The Hall–Kier alpha value is -1.86. The molecule has 0 aliphatic carbocycles. The molecular formula is C18H19NO4S2. The Labute approximate surface area is 154 Å². The van der Waals surface area contributed by atoms with Gasteiger partial charge in [-0.3, -0.25) is 4.79 Å². The van der Waals surface area contributed by atoms with Crippen molar-refractivity contribution in [2.24, 2.45) is 0 Å². The molecule has 1 saturated heterocycles. The predicted molar refractivity (Wildman–Crippen MR) is 104 cm³/mol. The summed E-state index contributed by atoms with van der Waals surface area (Å²) in [5.74, 6) is 2.75. The molecule has 7 heteroatoms. The normalized spacial score (nSPS) is 17.2. The zero-order valence-corrected chi connectivity index (χ0v) is 15.2. The van der Waals surface area contributed by atoms with Crippen LogP contribution in [0.1, 0.15) is 6.42 Å². The molecule has 1 fully saturated rings. The summed E-state index contributed by atoms with van der Waals surface area (Å²) in [7, 11) is 0. The van der Waals surface area contributed by atoms with Crippen molar-refractivity contribution in [3.05, 3.63) is 36.4 Å². The highest BCUT2D eigenvalue weighted by Crippen LogP contribution is 2.32. The van der Waals surface area contributed by atoms with E-state index in [1.807, 2.05) is 47.8 Å². The lowest BCUT2D eigenvalue weighted by Crippen LogP contribution is -2.22. The number of rotatable bonds is 6. The Kier molecular flexibility index (Phi) is 6.09. The molecule has 0 radical (unpaired) electrons. The number of aliphatic carboxylic acids is 1. The number of benzene rings is 2. The molecule has 1 atom stereocenters. The summed E-state index contributed by atoms with van der Waals surface area (Å²) < 4.78 is 5.34. The average molecular weight is 377 g/mol. The number of fused-ring (bicyclic) bond motifs is 1. The lowest BCUT2D eigenvalue weighted by molar-refractivity contribution is -0.139. The topological polar surface area (TPSA) is 75.6 Å². The molecule has 1 heterocycles. The Balaban J connectivity index is 1.76. The molecular weight excluding hydrogens is 358 g/mol. The van der Waals surface area contributed by atoms with Crippen LogP contribution in [0.5, 0.6) is 5.75 Å². The number of hydrogen-bond donors (Lipinski definition) is 2. The van der Waals surface area contributed by atoms with Gasteiger partial charge in [-0.15, -0.1) is 0 Å². The van der Waals surface area contributed by atoms with Crippen LogP contribution in [-0.2, 0) is 9.59 Å². The van der Waals surface area contributed by atoms with Gasteiger partial charge in [0.25, 0.3) is 0 Å². The highest BCUT2D eigenvalue weighted by atomic mass is 32.2. The summed E-state index contributed by atoms with van der Waals surface area (Å²) in [6, 6.07) is 11.0. The molecule has 2 aromatic carbocycles. The van der Waals surface area contributed by atoms with Crippen LogP contribution >= 0.6 is 23.5 Å². The van der Waals surface area contributed by atoms with Crippen molar-refractivity contribution in [2.75, 3.05) is 29.2 Å². The molecule has 0 spiro atoms. The van der Waals surface area contributed by atoms with Crippen LogP contribution in [0.3, 0.4) is 0 Å². The molecule has 0 bridgehead atoms. The molecule has 1 unspecified atom stereocenters. The number of ether oxygens (including phenoxy) is 1. The maximum Gasteiger partial charge on any atom is 0.341 e. The maximum absolute atomic E-state index is 12.4. The quantitative estimate of drug-likeness (QED) is 0.803. The lowest BCUT2D eigenvalue weighted by Gasteiger charge is -2.20. The number of carboxylic acids is 1. The van der Waals surface area contributed by atoms with Crippen molar-refractivity contribution < 1.29 is 19.4 Å². The fourth-order valence-electron chi connectivity index (χ4n) is 2.71. The molecule has 2 aromatic rings. The number of carboxylic acid groups (broad SMARTS) is 1. The Morgan fingerprint density at radius 3 is 2.68 bits per heavy atom. The van der Waals surface area contributed by atoms with Crippen LogP contribution in [0, 0.1) is 0 Å². The SMILES string of the molecule is O=C(O)COc1ccc(NC(=O)CC2CSCCS2)c2ccccc12. The highest BCUT2D eigenvalue weighted by molar-refractivity contribution is 8.06. The van der Waals surface area contributed by atoms with Crippen LogP contribution < -0.4 is 10.1 Å². The monoisotopic (exact) mass is 377 g/mol. The second kappa shape index (κ2) is 8.49. The Bertz CT molecular complexity index is 775. The van der Waals surface area contributed by atoms with Gasteiger partial charge in [0, 0.05) is 45.4 Å². The molecule has 132 valence electrons. The van der Waals surface area contributed by atoms with E-state index in [9.17, 15) is 9.59 Å². The number of carbonyl (C=O) groups is 2. The largest absolute Gasteiger partial charge is 0.481 e. The van der Waals surface area contributed by atoms with Gasteiger partial charge in [-0.25, -0.2) is 4.79 Å². The zero-order valence-electron chi connectivity index (χ0n) is 13.6. The van der Waals surface area contributed by atoms with Gasteiger partial charge >= 0.3 is 5.97 Å². The van der Waals surface area contributed by atoms with Gasteiger partial charge in [-0.1, -0.05) is 24.3 Å². The van der Waals surface area contributed by atoms with Gasteiger partial charge in [-0.2, -0.15) is 23.5 Å². The van der Waals surface area contributed by atoms with Gasteiger partial charge < -0.3 is 15.2 Å². The second-order valence-corrected chi connectivity index (χ2v) is 8.22. The van der Waals surface area contributed by atoms with Gasteiger partial charge in [0.1, 0.15) is 5.75 Å². The van der Waals surface area contributed by atoms with E-state index < -0.39 is 12.6 Å². The molecule has 1 amide bonds. The van der Waals surface area contributed by atoms with E-state index in [1.54, 1.807) is 12.1 Å². The third kappa shape index (κ3) is 4.83. The molecule has 0 aromatic heterocycles. The van der Waals surface area contributed by atoms with Crippen molar-refractivity contribution in [1.29, 1.82) is 0 Å². The molecule has 0 saturated carbocycles. The minimum absolute atomic E-state index is 0.00403. The van der Waals surface area contributed by atoms with Crippen LogP contribution in [-0.4, -0.2) is 46.1 Å². The first kappa shape index (κ1) is 17.9. The van der Waals surface area contributed by atoms with Crippen LogP contribution in [0.2, 0.25) is 0 Å². The smallest absolute Gasteiger partial charge is 0.341 e. The first-order valence-corrected chi connectivity index (χ1v) is 10.2. The van der Waals surface area contributed by atoms with Crippen molar-refractivity contribution >= 4 is 51.9 Å². The minimum atomic E-state index is -1.02. The van der Waals surface area contributed by atoms with E-state index in [0.29, 0.717) is 17.4 Å². The zero-order chi connectivity index (χ0) is 17.6. The summed E-state index contributed by atoms with van der Waals surface area (Å²) in [4.78, 5) is 23.1. The summed E-state index contributed by atoms with van der Waals surface area (Å²) in [5.41, 5.74) is 0.719. The first-order valence-electron chi connectivity index (χ1n) is 7.99. The minimum Gasteiger partial charge on any atom is -0.481 e. The molecule has 1 aliphatic heterocycles. The van der Waals surface area contributed by atoms with E-state index in [2.05, 4.69) is 5.32 Å². The maximum atomic E-state index is 12.4. The second-order valence-electron chi connectivity index (χ2n) is 5.66. The average Bonchev–Trinajstić information content (AvgIpc) is 2.61. The van der Waals surface area contributed by atoms with E-state index in [-0.39, 0.29) is 5.91 Å². The van der Waals surface area contributed by atoms with Gasteiger partial charge in [0.15, 0.2) is 6.61 Å². The third-order valence-corrected chi connectivity index (χ3v) is 6.65. The standard InChI is InChI=1S/C18H19NO4S2/c20-17(9-12-11-24-7-8-25-12)19-15-5-6-16(23-10-18(21)22)14-4-2-1-3-13(14)15/h1-6,12H,7-11H2,(H,19,20)(H,21,22). The molecule has 1 aliphatic rings. The van der Waals surface area contributed by atoms with E-state index >= 15 is 0 Å². The van der Waals surface area contributed by atoms with E-state index in [1.165, 1.54) is 0 Å². The number of amides is 1. The number of anilines is 1. The number of hydrogen-bond acceptors (Lipinski definition) is 5. The Morgan fingerprint density at radius 1 is 1.16 bits per heavy atom. The molecule has 5 nitrogen and oxygen atoms in total. The summed E-state index contributed by atoms with van der Waals surface area (Å²) in [6.07, 6.45) is 0.503. The number of carbonyl (C=O) groups excluding carboxylic acids is 1. The third-order valence-electron chi connectivity index (χ3n) is 3.81. The van der Waals surface area contributed by atoms with Crippen molar-refractivity contribution in [3.63, 3.8) is 0 Å². The summed E-state index contributed by atoms with van der Waals surface area (Å²) in [6.45, 7) is -0.397. The summed E-state index contributed by atoms with van der Waals surface area (Å²) >= 11 is 3.76. The van der Waals surface area contributed by atoms with Gasteiger partial charge in [0.05, 0.1) is 0 Å². The van der Waals surface area contributed by atoms with Crippen LogP contribution in [0.15, 0.2) is 36.4 Å². The number of thioether (sulfide) groups is 2. The van der Waals surface area contributed by atoms with E-state index in [0.717, 1.165) is 33.7 Å². The van der Waals surface area contributed by atoms with Crippen molar-refractivity contribution in [1.82, 2.24) is 0 Å². The highest BCUT2D eigenvalue weighted by Gasteiger charge is 2.18.